The lowest BCUT2D eigenvalue weighted by Crippen LogP contribution is -2.01. The van der Waals surface area contributed by atoms with Crippen LogP contribution in [0, 0.1) is 0 Å². The Hall–Kier alpha value is -4.70. The van der Waals surface area contributed by atoms with Crippen molar-refractivity contribution in [3.8, 4) is 45.0 Å². The molecule has 0 aliphatic rings. The summed E-state index contributed by atoms with van der Waals surface area (Å²) in [5.41, 5.74) is 9.23. The fourth-order valence-electron chi connectivity index (χ4n) is 5.43. The topological polar surface area (TPSA) is 35.6 Å². The van der Waals surface area contributed by atoms with Crippen molar-refractivity contribution in [1.82, 2.24) is 19.1 Å². The predicted octanol–water partition coefficient (Wildman–Crippen LogP) is 9.01. The predicted molar refractivity (Wildman–Crippen MR) is 165 cm³/mol. The van der Waals surface area contributed by atoms with Gasteiger partial charge in [-0.3, -0.25) is 0 Å². The molecule has 198 valence electrons. The van der Waals surface area contributed by atoms with Gasteiger partial charge in [-0.05, 0) is 12.8 Å². The molecule has 0 aliphatic carbocycles. The fraction of sp³-hybridized carbons (Fsp3) is 0.167. The molecule has 0 unspecified atom stereocenters. The smallest absolute Gasteiger partial charge is 0.0963 e. The summed E-state index contributed by atoms with van der Waals surface area (Å²) in [6, 6.07) is 42.2. The molecule has 40 heavy (non-hydrogen) atoms. The van der Waals surface area contributed by atoms with Gasteiger partial charge in [0.2, 0.25) is 0 Å². The monoisotopic (exact) mass is 522 g/mol. The SMILES string of the molecule is c1ccc(-c2ncn(CCCCCCn3cnc(-c4ccccc4)c3-c3ccccc3)c2-c2ccccc2)cc1. The van der Waals surface area contributed by atoms with E-state index in [0.717, 1.165) is 48.4 Å². The van der Waals surface area contributed by atoms with Crippen molar-refractivity contribution in [3.05, 3.63) is 134 Å². The average molecular weight is 523 g/mol. The molecular formula is C36H34N4. The molecule has 4 nitrogen and oxygen atoms in total. The molecule has 4 aromatic carbocycles. The maximum absolute atomic E-state index is 4.84. The van der Waals surface area contributed by atoms with Crippen LogP contribution in [0.2, 0.25) is 0 Å². The van der Waals surface area contributed by atoms with E-state index in [9.17, 15) is 0 Å². The first-order valence-electron chi connectivity index (χ1n) is 14.2. The molecule has 0 N–H and O–H groups in total. The summed E-state index contributed by atoms with van der Waals surface area (Å²) in [6.45, 7) is 1.92. The van der Waals surface area contributed by atoms with Crippen molar-refractivity contribution >= 4 is 0 Å². The number of unbranched alkanes of at least 4 members (excludes halogenated alkanes) is 3. The van der Waals surface area contributed by atoms with Crippen molar-refractivity contribution in [2.45, 2.75) is 38.8 Å². The van der Waals surface area contributed by atoms with Crippen LogP contribution in [0.5, 0.6) is 0 Å². The molecule has 0 saturated heterocycles. The molecule has 0 radical (unpaired) electrons. The van der Waals surface area contributed by atoms with Gasteiger partial charge < -0.3 is 9.13 Å². The number of nitrogens with zero attached hydrogens (tertiary/aromatic N) is 4. The van der Waals surface area contributed by atoms with E-state index >= 15 is 0 Å². The molecule has 2 heterocycles. The van der Waals surface area contributed by atoms with E-state index in [-0.39, 0.29) is 0 Å². The molecule has 6 aromatic rings. The van der Waals surface area contributed by atoms with E-state index in [1.807, 2.05) is 12.7 Å². The van der Waals surface area contributed by atoms with Crippen LogP contribution in [0.3, 0.4) is 0 Å². The Morgan fingerprint density at radius 1 is 0.375 bits per heavy atom. The largest absolute Gasteiger partial charge is 0.330 e. The third kappa shape index (κ3) is 5.67. The van der Waals surface area contributed by atoms with Crippen LogP contribution in [0.4, 0.5) is 0 Å². The second-order valence-electron chi connectivity index (χ2n) is 10.1. The first-order chi connectivity index (χ1) is 19.9. The minimum absolute atomic E-state index is 0.961. The zero-order valence-electron chi connectivity index (χ0n) is 22.7. The first kappa shape index (κ1) is 25.6. The van der Waals surface area contributed by atoms with E-state index < -0.39 is 0 Å². The summed E-state index contributed by atoms with van der Waals surface area (Å²) < 4.78 is 4.65. The summed E-state index contributed by atoms with van der Waals surface area (Å²) in [5, 5.41) is 0. The van der Waals surface area contributed by atoms with Gasteiger partial charge in [0.15, 0.2) is 0 Å². The summed E-state index contributed by atoms with van der Waals surface area (Å²) in [7, 11) is 0. The molecule has 0 atom stereocenters. The lowest BCUT2D eigenvalue weighted by Gasteiger charge is -2.12. The summed E-state index contributed by atoms with van der Waals surface area (Å²) >= 11 is 0. The van der Waals surface area contributed by atoms with Gasteiger partial charge in [0.25, 0.3) is 0 Å². The standard InChI is InChI=1S/C36H34N4/c1(15-25-39-27-37-33(29-17-7-3-8-18-29)35(39)31-21-11-5-12-22-31)2-16-26-40-28-38-34(30-19-9-4-10-20-30)36(40)32-23-13-6-14-24-32/h3-14,17-24,27-28H,1-2,15-16,25-26H2. The lowest BCUT2D eigenvalue weighted by molar-refractivity contribution is 0.542. The van der Waals surface area contributed by atoms with Gasteiger partial charge in [-0.25, -0.2) is 9.97 Å². The molecule has 0 aliphatic heterocycles. The van der Waals surface area contributed by atoms with Crippen LogP contribution >= 0.6 is 0 Å². The number of rotatable bonds is 11. The highest BCUT2D eigenvalue weighted by Gasteiger charge is 2.16. The fourth-order valence-corrected chi connectivity index (χ4v) is 5.43. The summed E-state index contributed by atoms with van der Waals surface area (Å²) in [5.74, 6) is 0. The Bertz CT molecular complexity index is 1490. The van der Waals surface area contributed by atoms with Crippen molar-refractivity contribution in [2.24, 2.45) is 0 Å². The second kappa shape index (κ2) is 12.4. The van der Waals surface area contributed by atoms with Crippen LogP contribution in [-0.4, -0.2) is 19.1 Å². The maximum Gasteiger partial charge on any atom is 0.0963 e. The normalized spacial score (nSPS) is 11.1. The zero-order valence-corrected chi connectivity index (χ0v) is 22.7. The van der Waals surface area contributed by atoms with Gasteiger partial charge in [0, 0.05) is 35.3 Å². The first-order valence-corrected chi connectivity index (χ1v) is 14.2. The molecule has 0 spiro atoms. The molecule has 2 aromatic heterocycles. The maximum atomic E-state index is 4.84. The average Bonchev–Trinajstić information content (AvgIpc) is 3.65. The van der Waals surface area contributed by atoms with Gasteiger partial charge >= 0.3 is 0 Å². The molecule has 6 rings (SSSR count). The Kier molecular flexibility index (Phi) is 7.95. The quantitative estimate of drug-likeness (QED) is 0.159. The Morgan fingerprint density at radius 2 is 0.700 bits per heavy atom. The molecule has 0 bridgehead atoms. The number of benzene rings is 4. The van der Waals surface area contributed by atoms with Crippen LogP contribution in [0.15, 0.2) is 134 Å². The van der Waals surface area contributed by atoms with Crippen molar-refractivity contribution in [1.29, 1.82) is 0 Å². The minimum Gasteiger partial charge on any atom is -0.330 e. The van der Waals surface area contributed by atoms with Gasteiger partial charge in [-0.1, -0.05) is 134 Å². The highest BCUT2D eigenvalue weighted by Crippen LogP contribution is 2.33. The van der Waals surface area contributed by atoms with Crippen LogP contribution in [0.1, 0.15) is 25.7 Å². The summed E-state index contributed by atoms with van der Waals surface area (Å²) in [4.78, 5) is 9.67. The van der Waals surface area contributed by atoms with Crippen LogP contribution in [-0.2, 0) is 13.1 Å². The highest BCUT2D eigenvalue weighted by molar-refractivity contribution is 5.79. The molecule has 0 saturated carbocycles. The third-order valence-electron chi connectivity index (χ3n) is 7.41. The highest BCUT2D eigenvalue weighted by atomic mass is 15.1. The van der Waals surface area contributed by atoms with Crippen molar-refractivity contribution in [3.63, 3.8) is 0 Å². The molecule has 0 amide bonds. The number of aryl methyl sites for hydroxylation is 2. The van der Waals surface area contributed by atoms with Gasteiger partial charge in [-0.15, -0.1) is 0 Å². The van der Waals surface area contributed by atoms with E-state index in [1.165, 1.54) is 35.4 Å². The molecular weight excluding hydrogens is 488 g/mol. The number of hydrogen-bond acceptors (Lipinski definition) is 2. The second-order valence-corrected chi connectivity index (χ2v) is 10.1. The van der Waals surface area contributed by atoms with E-state index in [4.69, 9.17) is 9.97 Å². The van der Waals surface area contributed by atoms with E-state index in [0.29, 0.717) is 0 Å². The van der Waals surface area contributed by atoms with Crippen molar-refractivity contribution < 1.29 is 0 Å². The molecule has 4 heteroatoms. The van der Waals surface area contributed by atoms with Crippen LogP contribution < -0.4 is 0 Å². The van der Waals surface area contributed by atoms with Gasteiger partial charge in [0.1, 0.15) is 0 Å². The van der Waals surface area contributed by atoms with Crippen LogP contribution in [0.25, 0.3) is 45.0 Å². The van der Waals surface area contributed by atoms with Gasteiger partial charge in [0.05, 0.1) is 35.4 Å². The number of hydrogen-bond donors (Lipinski definition) is 0. The lowest BCUT2D eigenvalue weighted by atomic mass is 10.0. The van der Waals surface area contributed by atoms with E-state index in [2.05, 4.69) is 130 Å². The minimum atomic E-state index is 0.961. The van der Waals surface area contributed by atoms with Crippen molar-refractivity contribution in [2.75, 3.05) is 0 Å². The van der Waals surface area contributed by atoms with Gasteiger partial charge in [-0.2, -0.15) is 0 Å². The number of aromatic nitrogens is 4. The summed E-state index contributed by atoms with van der Waals surface area (Å²) in [6.07, 6.45) is 8.60. The Morgan fingerprint density at radius 3 is 1.05 bits per heavy atom. The Labute approximate surface area is 236 Å². The third-order valence-corrected chi connectivity index (χ3v) is 7.41. The number of imidazole rings is 2. The zero-order chi connectivity index (χ0) is 27.0. The Balaban J connectivity index is 1.11. The van der Waals surface area contributed by atoms with E-state index in [1.54, 1.807) is 0 Å². The molecule has 0 fully saturated rings.